The molecule has 0 unspecified atom stereocenters. The van der Waals surface area contributed by atoms with Crippen molar-refractivity contribution in [3.63, 3.8) is 0 Å². The first kappa shape index (κ1) is 23.4. The first-order valence-corrected chi connectivity index (χ1v) is 12.4. The molecule has 1 aromatic carbocycles. The predicted molar refractivity (Wildman–Crippen MR) is 118 cm³/mol. The summed E-state index contributed by atoms with van der Waals surface area (Å²) < 4.78 is 13.2. The number of hydrogen-bond donors (Lipinski definition) is 0. The van der Waals surface area contributed by atoms with Crippen molar-refractivity contribution in [2.24, 2.45) is 0 Å². The lowest BCUT2D eigenvalue weighted by molar-refractivity contribution is -0.115. The average Bonchev–Trinajstić information content (AvgIpc) is 2.59. The highest BCUT2D eigenvalue weighted by molar-refractivity contribution is 6.90. The number of halogens is 1. The van der Waals surface area contributed by atoms with Gasteiger partial charge in [-0.3, -0.25) is 4.79 Å². The van der Waals surface area contributed by atoms with Gasteiger partial charge in [-0.25, -0.2) is 4.39 Å². The van der Waals surface area contributed by atoms with Crippen molar-refractivity contribution in [1.29, 1.82) is 0 Å². The zero-order chi connectivity index (χ0) is 20.6. The first-order valence-electron chi connectivity index (χ1n) is 10.2. The van der Waals surface area contributed by atoms with Crippen LogP contribution in [0.3, 0.4) is 0 Å². The van der Waals surface area contributed by atoms with E-state index in [-0.39, 0.29) is 11.6 Å². The second-order valence-electron chi connectivity index (χ2n) is 8.28. The predicted octanol–water partition coefficient (Wildman–Crippen LogP) is 7.19. The Balaban J connectivity index is 3.42. The van der Waals surface area contributed by atoms with E-state index in [0.717, 1.165) is 18.4 Å². The number of unbranched alkanes of at least 4 members (excludes halogenated alkanes) is 1. The van der Waals surface area contributed by atoms with E-state index in [9.17, 15) is 9.18 Å². The van der Waals surface area contributed by atoms with E-state index < -0.39 is 8.07 Å². The Morgan fingerprint density at radius 1 is 1.04 bits per heavy atom. The summed E-state index contributed by atoms with van der Waals surface area (Å²) in [6, 6.07) is 6.23. The SMILES string of the molecule is CCCCC(=O)/C(C#C[Si](C(C)C)(C(C)C)C(C)C)=C/c1ccc(F)cc1. The molecular formula is C24H35FOSi. The highest BCUT2D eigenvalue weighted by atomic mass is 28.3. The Bertz CT molecular complexity index is 680. The molecule has 1 rings (SSSR count). The van der Waals surface area contributed by atoms with Crippen LogP contribution in [0.1, 0.15) is 73.3 Å². The van der Waals surface area contributed by atoms with Gasteiger partial charge >= 0.3 is 0 Å². The van der Waals surface area contributed by atoms with Gasteiger partial charge in [-0.1, -0.05) is 72.9 Å². The van der Waals surface area contributed by atoms with Gasteiger partial charge in [0.1, 0.15) is 13.9 Å². The number of hydrogen-bond acceptors (Lipinski definition) is 1. The van der Waals surface area contributed by atoms with E-state index in [1.165, 1.54) is 12.1 Å². The van der Waals surface area contributed by atoms with Crippen molar-refractivity contribution in [3.8, 4) is 11.5 Å². The molecule has 0 saturated heterocycles. The minimum absolute atomic E-state index is 0.0906. The number of carbonyl (C=O) groups is 1. The van der Waals surface area contributed by atoms with Crippen LogP contribution in [-0.4, -0.2) is 13.9 Å². The summed E-state index contributed by atoms with van der Waals surface area (Å²) in [6.45, 7) is 15.7. The van der Waals surface area contributed by atoms with Crippen LogP contribution in [0.5, 0.6) is 0 Å². The van der Waals surface area contributed by atoms with E-state index in [1.54, 1.807) is 12.1 Å². The number of rotatable bonds is 8. The second-order valence-corrected chi connectivity index (χ2v) is 13.9. The number of Topliss-reactive ketones (excluding diaryl/α,β-unsaturated/α-hetero) is 1. The first-order chi connectivity index (χ1) is 12.6. The molecule has 0 spiro atoms. The number of benzene rings is 1. The molecule has 0 amide bonds. The fourth-order valence-corrected chi connectivity index (χ4v) is 9.21. The highest BCUT2D eigenvalue weighted by Crippen LogP contribution is 2.40. The van der Waals surface area contributed by atoms with Crippen molar-refractivity contribution in [2.45, 2.75) is 84.4 Å². The molecule has 0 aromatic heterocycles. The molecule has 0 radical (unpaired) electrons. The van der Waals surface area contributed by atoms with Gasteiger partial charge in [-0.15, -0.1) is 5.54 Å². The summed E-state index contributed by atoms with van der Waals surface area (Å²) in [7, 11) is -1.91. The van der Waals surface area contributed by atoms with Crippen LogP contribution in [0, 0.1) is 17.3 Å². The molecule has 0 heterocycles. The Labute approximate surface area is 166 Å². The van der Waals surface area contributed by atoms with Gasteiger partial charge in [0.25, 0.3) is 0 Å². The molecule has 0 saturated carbocycles. The lowest BCUT2D eigenvalue weighted by atomic mass is 10.0. The van der Waals surface area contributed by atoms with Crippen molar-refractivity contribution in [1.82, 2.24) is 0 Å². The van der Waals surface area contributed by atoms with Crippen molar-refractivity contribution < 1.29 is 9.18 Å². The fraction of sp³-hybridized carbons (Fsp3) is 0.542. The summed E-state index contributed by atoms with van der Waals surface area (Å²) >= 11 is 0. The maximum atomic E-state index is 13.2. The van der Waals surface area contributed by atoms with Gasteiger partial charge in [-0.05, 0) is 46.8 Å². The smallest absolute Gasteiger partial charge is 0.171 e. The summed E-state index contributed by atoms with van der Waals surface area (Å²) in [6.07, 6.45) is 4.18. The molecule has 0 bridgehead atoms. The standard InChI is InChI=1S/C24H35FOSi/c1-8-9-10-24(26)22(17-21-11-13-23(25)14-12-21)15-16-27(18(2)3,19(4)5)20(6)7/h11-14,17-20H,8-10H2,1-7H3/b22-17+. The molecular weight excluding hydrogens is 351 g/mol. The zero-order valence-corrected chi connectivity index (χ0v) is 19.0. The van der Waals surface area contributed by atoms with Crippen LogP contribution in [0.4, 0.5) is 4.39 Å². The molecule has 0 fully saturated rings. The third kappa shape index (κ3) is 6.18. The molecule has 0 atom stereocenters. The Morgan fingerprint density at radius 2 is 1.56 bits per heavy atom. The van der Waals surface area contributed by atoms with Gasteiger partial charge in [0.05, 0.1) is 5.57 Å². The summed E-state index contributed by atoms with van der Waals surface area (Å²) in [4.78, 5) is 12.8. The molecule has 0 N–H and O–H groups in total. The summed E-state index contributed by atoms with van der Waals surface area (Å²) in [5, 5.41) is 0. The second kappa shape index (κ2) is 10.6. The molecule has 1 nitrogen and oxygen atoms in total. The normalized spacial score (nSPS) is 12.5. The third-order valence-electron chi connectivity index (χ3n) is 5.52. The topological polar surface area (TPSA) is 17.1 Å². The van der Waals surface area contributed by atoms with Gasteiger partial charge in [0, 0.05) is 6.42 Å². The van der Waals surface area contributed by atoms with E-state index in [4.69, 9.17) is 0 Å². The number of carbonyl (C=O) groups excluding carboxylic acids is 1. The van der Waals surface area contributed by atoms with Gasteiger partial charge in [-0.2, -0.15) is 0 Å². The summed E-state index contributed by atoms with van der Waals surface area (Å²) in [5.41, 5.74) is 6.58. The Morgan fingerprint density at radius 3 is 2.00 bits per heavy atom. The largest absolute Gasteiger partial charge is 0.293 e. The molecule has 27 heavy (non-hydrogen) atoms. The monoisotopic (exact) mass is 386 g/mol. The minimum Gasteiger partial charge on any atom is -0.293 e. The number of allylic oxidation sites excluding steroid dienone is 1. The average molecular weight is 387 g/mol. The fourth-order valence-electron chi connectivity index (χ4n) is 3.99. The van der Waals surface area contributed by atoms with Crippen LogP contribution >= 0.6 is 0 Å². The molecule has 1 aromatic rings. The lowest BCUT2D eigenvalue weighted by Crippen LogP contribution is -2.43. The van der Waals surface area contributed by atoms with Crippen molar-refractivity contribution in [3.05, 3.63) is 41.2 Å². The molecule has 0 aliphatic rings. The Kier molecular flexibility index (Phi) is 9.19. The maximum Gasteiger partial charge on any atom is 0.171 e. The van der Waals surface area contributed by atoms with Gasteiger partial charge < -0.3 is 0 Å². The van der Waals surface area contributed by atoms with E-state index >= 15 is 0 Å². The van der Waals surface area contributed by atoms with Gasteiger partial charge in [0.2, 0.25) is 0 Å². The van der Waals surface area contributed by atoms with Crippen LogP contribution in [0.2, 0.25) is 16.6 Å². The quantitative estimate of drug-likeness (QED) is 0.262. The maximum absolute atomic E-state index is 13.2. The van der Waals surface area contributed by atoms with Crippen molar-refractivity contribution in [2.75, 3.05) is 0 Å². The van der Waals surface area contributed by atoms with Gasteiger partial charge in [0.15, 0.2) is 5.78 Å². The lowest BCUT2D eigenvalue weighted by Gasteiger charge is -2.38. The van der Waals surface area contributed by atoms with Crippen LogP contribution < -0.4 is 0 Å². The molecule has 0 aliphatic heterocycles. The molecule has 3 heteroatoms. The summed E-state index contributed by atoms with van der Waals surface area (Å²) in [5.74, 6) is 3.12. The van der Waals surface area contributed by atoms with E-state index in [1.807, 2.05) is 6.08 Å². The molecule has 0 aliphatic carbocycles. The highest BCUT2D eigenvalue weighted by Gasteiger charge is 2.41. The number of ketones is 1. The third-order valence-corrected chi connectivity index (χ3v) is 11.8. The van der Waals surface area contributed by atoms with E-state index in [2.05, 4.69) is 59.9 Å². The molecule has 148 valence electrons. The van der Waals surface area contributed by atoms with Crippen LogP contribution in [0.15, 0.2) is 29.8 Å². The van der Waals surface area contributed by atoms with Crippen LogP contribution in [0.25, 0.3) is 6.08 Å². The van der Waals surface area contributed by atoms with E-state index in [0.29, 0.717) is 28.6 Å². The zero-order valence-electron chi connectivity index (χ0n) is 18.0. The van der Waals surface area contributed by atoms with Crippen molar-refractivity contribution >= 4 is 19.9 Å². The Hall–Kier alpha value is -1.66. The van der Waals surface area contributed by atoms with Crippen LogP contribution in [-0.2, 0) is 4.79 Å². The minimum atomic E-state index is -1.91.